The summed E-state index contributed by atoms with van der Waals surface area (Å²) in [4.78, 5) is 24.5. The molecule has 0 unspecified atom stereocenters. The van der Waals surface area contributed by atoms with Crippen LogP contribution in [0.2, 0.25) is 0 Å². The lowest BCUT2D eigenvalue weighted by Crippen LogP contribution is -2.12. The Kier molecular flexibility index (Phi) is 4.62. The van der Waals surface area contributed by atoms with Gasteiger partial charge in [-0.25, -0.2) is 15.0 Å². The van der Waals surface area contributed by atoms with E-state index in [4.69, 9.17) is 5.11 Å². The second kappa shape index (κ2) is 6.43. The van der Waals surface area contributed by atoms with Crippen LogP contribution in [-0.4, -0.2) is 26.0 Å². The number of hydrogen-bond donors (Lipinski definition) is 1. The minimum absolute atomic E-state index is 0.0339. The van der Waals surface area contributed by atoms with Gasteiger partial charge in [0.05, 0.1) is 6.42 Å². The molecular weight excluding hydrogens is 266 g/mol. The highest BCUT2D eigenvalue weighted by Crippen LogP contribution is 2.20. The third kappa shape index (κ3) is 3.42. The minimum Gasteiger partial charge on any atom is -0.481 e. The number of rotatable bonds is 5. The maximum Gasteiger partial charge on any atom is 0.307 e. The van der Waals surface area contributed by atoms with E-state index in [1.54, 1.807) is 0 Å². The Hall–Kier alpha value is -2.30. The van der Waals surface area contributed by atoms with E-state index < -0.39 is 5.97 Å². The molecular formula is C16H19N3O2. The quantitative estimate of drug-likeness (QED) is 0.913. The molecule has 2 rings (SSSR count). The Morgan fingerprint density at radius 2 is 1.71 bits per heavy atom. The van der Waals surface area contributed by atoms with E-state index in [-0.39, 0.29) is 6.42 Å². The van der Waals surface area contributed by atoms with Gasteiger partial charge in [-0.2, -0.15) is 0 Å². The number of carboxylic acid groups (broad SMARTS) is 1. The maximum absolute atomic E-state index is 11.0. The van der Waals surface area contributed by atoms with Crippen LogP contribution in [0.3, 0.4) is 0 Å². The van der Waals surface area contributed by atoms with Crippen molar-refractivity contribution in [3.8, 4) is 11.5 Å². The number of nitrogens with zero attached hydrogens (tertiary/aromatic N) is 3. The van der Waals surface area contributed by atoms with Gasteiger partial charge in [0.2, 0.25) is 0 Å². The number of carbonyl (C=O) groups is 1. The van der Waals surface area contributed by atoms with Crippen LogP contribution in [0.5, 0.6) is 0 Å². The van der Waals surface area contributed by atoms with E-state index in [1.165, 1.54) is 0 Å². The number of pyridine rings is 1. The molecule has 21 heavy (non-hydrogen) atoms. The van der Waals surface area contributed by atoms with Gasteiger partial charge in [-0.1, -0.05) is 19.9 Å². The zero-order valence-corrected chi connectivity index (χ0v) is 12.6. The van der Waals surface area contributed by atoms with Gasteiger partial charge in [-0.05, 0) is 31.9 Å². The van der Waals surface area contributed by atoms with Crippen LogP contribution < -0.4 is 0 Å². The number of aliphatic carboxylic acids is 1. The molecule has 0 aliphatic rings. The van der Waals surface area contributed by atoms with Crippen LogP contribution in [0.1, 0.15) is 36.5 Å². The summed E-state index contributed by atoms with van der Waals surface area (Å²) in [5.74, 6) is -0.286. The number of carboxylic acids is 1. The Labute approximate surface area is 124 Å². The van der Waals surface area contributed by atoms with Gasteiger partial charge in [-0.15, -0.1) is 0 Å². The Morgan fingerprint density at radius 1 is 1.10 bits per heavy atom. The third-order valence-corrected chi connectivity index (χ3v) is 3.29. The van der Waals surface area contributed by atoms with E-state index in [2.05, 4.69) is 15.0 Å². The largest absolute Gasteiger partial charge is 0.481 e. The van der Waals surface area contributed by atoms with E-state index in [0.717, 1.165) is 28.3 Å². The summed E-state index contributed by atoms with van der Waals surface area (Å²) in [6.07, 6.45) is 1.32. The van der Waals surface area contributed by atoms with Gasteiger partial charge in [0.25, 0.3) is 0 Å². The molecule has 0 aliphatic heterocycles. The highest BCUT2D eigenvalue weighted by molar-refractivity contribution is 5.71. The summed E-state index contributed by atoms with van der Waals surface area (Å²) < 4.78 is 0. The summed E-state index contributed by atoms with van der Waals surface area (Å²) in [7, 11) is 0. The molecule has 0 saturated carbocycles. The Bertz CT molecular complexity index is 643. The summed E-state index contributed by atoms with van der Waals surface area (Å²) in [5.41, 5.74) is 3.96. The molecule has 0 saturated heterocycles. The standard InChI is InChI=1S/C16H19N3O2/c1-4-12-11(9-15(20)21)13(5-2)19-16(18-12)14-8-6-7-10(3)17-14/h6-8H,4-5,9H2,1-3H3,(H,20,21). The van der Waals surface area contributed by atoms with Crippen molar-refractivity contribution >= 4 is 5.97 Å². The molecule has 110 valence electrons. The van der Waals surface area contributed by atoms with Gasteiger partial charge >= 0.3 is 5.97 Å². The SMILES string of the molecule is CCc1nc(-c2cccc(C)n2)nc(CC)c1CC(=O)O. The summed E-state index contributed by atoms with van der Waals surface area (Å²) in [5, 5.41) is 9.06. The molecule has 2 aromatic rings. The first kappa shape index (κ1) is 15.1. The van der Waals surface area contributed by atoms with Gasteiger partial charge in [0, 0.05) is 22.6 Å². The maximum atomic E-state index is 11.0. The van der Waals surface area contributed by atoms with Gasteiger partial charge in [0.1, 0.15) is 5.69 Å². The minimum atomic E-state index is -0.857. The molecule has 0 fully saturated rings. The molecule has 0 amide bonds. The number of aromatic nitrogens is 3. The molecule has 2 aromatic heterocycles. The smallest absolute Gasteiger partial charge is 0.307 e. The topological polar surface area (TPSA) is 76.0 Å². The normalized spacial score (nSPS) is 10.6. The molecule has 0 aliphatic carbocycles. The van der Waals surface area contributed by atoms with Crippen LogP contribution >= 0.6 is 0 Å². The van der Waals surface area contributed by atoms with Crippen molar-refractivity contribution in [2.45, 2.75) is 40.0 Å². The second-order valence-corrected chi connectivity index (χ2v) is 4.86. The highest BCUT2D eigenvalue weighted by Gasteiger charge is 2.16. The fraction of sp³-hybridized carbons (Fsp3) is 0.375. The number of hydrogen-bond acceptors (Lipinski definition) is 4. The number of aryl methyl sites for hydroxylation is 3. The van der Waals surface area contributed by atoms with Crippen LogP contribution in [0.4, 0.5) is 0 Å². The lowest BCUT2D eigenvalue weighted by Gasteiger charge is -2.12. The average Bonchev–Trinajstić information content (AvgIpc) is 2.46. The first-order valence-electron chi connectivity index (χ1n) is 7.09. The summed E-state index contributed by atoms with van der Waals surface area (Å²) in [6, 6.07) is 5.71. The molecule has 0 radical (unpaired) electrons. The fourth-order valence-electron chi connectivity index (χ4n) is 2.30. The van der Waals surface area contributed by atoms with E-state index in [1.807, 2.05) is 39.0 Å². The Balaban J connectivity index is 2.57. The first-order chi connectivity index (χ1) is 10.0. The van der Waals surface area contributed by atoms with Crippen molar-refractivity contribution in [1.82, 2.24) is 15.0 Å². The van der Waals surface area contributed by atoms with Crippen LogP contribution in [-0.2, 0) is 24.1 Å². The van der Waals surface area contributed by atoms with Crippen molar-refractivity contribution in [2.75, 3.05) is 0 Å². The molecule has 0 spiro atoms. The molecule has 0 atom stereocenters. The van der Waals surface area contributed by atoms with Crippen LogP contribution in [0.15, 0.2) is 18.2 Å². The summed E-state index contributed by atoms with van der Waals surface area (Å²) >= 11 is 0. The van der Waals surface area contributed by atoms with Gasteiger partial charge < -0.3 is 5.11 Å². The van der Waals surface area contributed by atoms with Crippen molar-refractivity contribution in [3.05, 3.63) is 40.8 Å². The van der Waals surface area contributed by atoms with Crippen molar-refractivity contribution < 1.29 is 9.90 Å². The lowest BCUT2D eigenvalue weighted by molar-refractivity contribution is -0.136. The van der Waals surface area contributed by atoms with E-state index >= 15 is 0 Å². The van der Waals surface area contributed by atoms with Crippen molar-refractivity contribution in [1.29, 1.82) is 0 Å². The lowest BCUT2D eigenvalue weighted by atomic mass is 10.0. The molecule has 5 nitrogen and oxygen atoms in total. The predicted molar refractivity (Wildman–Crippen MR) is 80.1 cm³/mol. The molecule has 5 heteroatoms. The van der Waals surface area contributed by atoms with Crippen molar-refractivity contribution in [2.24, 2.45) is 0 Å². The average molecular weight is 285 g/mol. The highest BCUT2D eigenvalue weighted by atomic mass is 16.4. The van der Waals surface area contributed by atoms with Gasteiger partial charge in [0.15, 0.2) is 5.82 Å². The van der Waals surface area contributed by atoms with E-state index in [0.29, 0.717) is 18.7 Å². The van der Waals surface area contributed by atoms with Crippen LogP contribution in [0.25, 0.3) is 11.5 Å². The third-order valence-electron chi connectivity index (χ3n) is 3.29. The zero-order valence-electron chi connectivity index (χ0n) is 12.6. The molecule has 2 heterocycles. The monoisotopic (exact) mass is 285 g/mol. The predicted octanol–water partition coefficient (Wildman–Crippen LogP) is 2.60. The van der Waals surface area contributed by atoms with E-state index in [9.17, 15) is 4.79 Å². The first-order valence-corrected chi connectivity index (χ1v) is 7.09. The Morgan fingerprint density at radius 3 is 2.19 bits per heavy atom. The zero-order chi connectivity index (χ0) is 15.4. The van der Waals surface area contributed by atoms with Crippen molar-refractivity contribution in [3.63, 3.8) is 0 Å². The van der Waals surface area contributed by atoms with Gasteiger partial charge in [-0.3, -0.25) is 4.79 Å². The molecule has 0 aromatic carbocycles. The molecule has 0 bridgehead atoms. The van der Waals surface area contributed by atoms with Crippen LogP contribution in [0, 0.1) is 6.92 Å². The summed E-state index contributed by atoms with van der Waals surface area (Å²) in [6.45, 7) is 5.87. The fourth-order valence-corrected chi connectivity index (χ4v) is 2.30. The molecule has 1 N–H and O–H groups in total. The second-order valence-electron chi connectivity index (χ2n) is 4.86.